The lowest BCUT2D eigenvalue weighted by molar-refractivity contribution is -0.150. The summed E-state index contributed by atoms with van der Waals surface area (Å²) in [5, 5.41) is 0. The molecule has 2 N–H and O–H groups in total. The standard InChI is InChI=1S/C14H28N2O3/c1-10(7-14(5,15)12(17)18-6)16-8-11(2)19-13(3,4)9-16/h10-11H,7-9,15H2,1-6H3. The molecule has 0 saturated carbocycles. The summed E-state index contributed by atoms with van der Waals surface area (Å²) in [6.45, 7) is 11.8. The maximum Gasteiger partial charge on any atom is 0.325 e. The van der Waals surface area contributed by atoms with E-state index in [2.05, 4.69) is 32.6 Å². The Morgan fingerprint density at radius 1 is 1.63 bits per heavy atom. The smallest absolute Gasteiger partial charge is 0.325 e. The SMILES string of the molecule is COC(=O)C(C)(N)CC(C)N1CC(C)OC(C)(C)C1. The highest BCUT2D eigenvalue weighted by Crippen LogP contribution is 2.25. The van der Waals surface area contributed by atoms with Crippen molar-refractivity contribution in [3.05, 3.63) is 0 Å². The second-order valence-corrected chi connectivity index (χ2v) is 6.58. The lowest BCUT2D eigenvalue weighted by Gasteiger charge is -2.45. The number of methoxy groups -OCH3 is 1. The van der Waals surface area contributed by atoms with E-state index in [9.17, 15) is 4.79 Å². The summed E-state index contributed by atoms with van der Waals surface area (Å²) < 4.78 is 10.6. The van der Waals surface area contributed by atoms with Crippen molar-refractivity contribution in [2.75, 3.05) is 20.2 Å². The molecule has 0 aliphatic carbocycles. The van der Waals surface area contributed by atoms with Gasteiger partial charge in [0.15, 0.2) is 0 Å². The third-order valence-corrected chi connectivity index (χ3v) is 3.59. The maximum absolute atomic E-state index is 11.7. The summed E-state index contributed by atoms with van der Waals surface area (Å²) >= 11 is 0. The normalized spacial score (nSPS) is 28.5. The lowest BCUT2D eigenvalue weighted by Crippen LogP contribution is -2.57. The molecule has 112 valence electrons. The summed E-state index contributed by atoms with van der Waals surface area (Å²) in [7, 11) is 1.37. The molecule has 0 aromatic heterocycles. The molecule has 19 heavy (non-hydrogen) atoms. The molecule has 0 amide bonds. The Kier molecular flexibility index (Phi) is 4.98. The van der Waals surface area contributed by atoms with Crippen LogP contribution in [0.15, 0.2) is 0 Å². The average Bonchev–Trinajstić information content (AvgIpc) is 2.24. The lowest BCUT2D eigenvalue weighted by atomic mass is 9.92. The first-order chi connectivity index (χ1) is 8.57. The van der Waals surface area contributed by atoms with Crippen LogP contribution in [0.25, 0.3) is 0 Å². The molecule has 1 aliphatic heterocycles. The van der Waals surface area contributed by atoms with Gasteiger partial charge in [-0.3, -0.25) is 9.69 Å². The van der Waals surface area contributed by atoms with Gasteiger partial charge in [0.1, 0.15) is 5.54 Å². The second kappa shape index (κ2) is 5.77. The minimum atomic E-state index is -0.945. The Bertz CT molecular complexity index is 329. The number of morpholine rings is 1. The summed E-state index contributed by atoms with van der Waals surface area (Å²) in [5.41, 5.74) is 4.94. The Morgan fingerprint density at radius 3 is 2.68 bits per heavy atom. The predicted molar refractivity (Wildman–Crippen MR) is 74.9 cm³/mol. The quantitative estimate of drug-likeness (QED) is 0.778. The Balaban J connectivity index is 2.67. The van der Waals surface area contributed by atoms with Crippen LogP contribution in [0.4, 0.5) is 0 Å². The second-order valence-electron chi connectivity index (χ2n) is 6.58. The zero-order valence-electron chi connectivity index (χ0n) is 13.0. The fraction of sp³-hybridized carbons (Fsp3) is 0.929. The van der Waals surface area contributed by atoms with Gasteiger partial charge in [-0.1, -0.05) is 0 Å². The van der Waals surface area contributed by atoms with Crippen LogP contribution in [-0.4, -0.2) is 54.4 Å². The first-order valence-corrected chi connectivity index (χ1v) is 6.86. The molecule has 3 unspecified atom stereocenters. The van der Waals surface area contributed by atoms with E-state index in [1.165, 1.54) is 7.11 Å². The number of ether oxygens (including phenoxy) is 2. The van der Waals surface area contributed by atoms with E-state index in [0.717, 1.165) is 13.1 Å². The Hall–Kier alpha value is -0.650. The van der Waals surface area contributed by atoms with Gasteiger partial charge in [0, 0.05) is 19.1 Å². The Morgan fingerprint density at radius 2 is 2.21 bits per heavy atom. The highest BCUT2D eigenvalue weighted by Gasteiger charge is 2.37. The average molecular weight is 272 g/mol. The van der Waals surface area contributed by atoms with E-state index in [1.807, 2.05) is 0 Å². The van der Waals surface area contributed by atoms with E-state index in [1.54, 1.807) is 6.92 Å². The van der Waals surface area contributed by atoms with Crippen LogP contribution in [0.1, 0.15) is 41.0 Å². The van der Waals surface area contributed by atoms with Crippen molar-refractivity contribution in [2.24, 2.45) is 5.73 Å². The summed E-state index contributed by atoms with van der Waals surface area (Å²) in [6.07, 6.45) is 0.760. The molecule has 0 aromatic carbocycles. The highest BCUT2D eigenvalue weighted by atomic mass is 16.5. The number of hydrogen-bond acceptors (Lipinski definition) is 5. The van der Waals surface area contributed by atoms with Crippen LogP contribution in [0, 0.1) is 0 Å². The summed E-state index contributed by atoms with van der Waals surface area (Å²) in [6, 6.07) is 0.208. The van der Waals surface area contributed by atoms with Crippen LogP contribution in [0.2, 0.25) is 0 Å². The maximum atomic E-state index is 11.7. The van der Waals surface area contributed by atoms with Crippen LogP contribution >= 0.6 is 0 Å². The number of carbonyl (C=O) groups is 1. The number of rotatable bonds is 4. The first-order valence-electron chi connectivity index (χ1n) is 6.86. The molecule has 5 nitrogen and oxygen atoms in total. The van der Waals surface area contributed by atoms with Crippen molar-refractivity contribution < 1.29 is 14.3 Å². The van der Waals surface area contributed by atoms with Gasteiger partial charge < -0.3 is 15.2 Å². The summed E-state index contributed by atoms with van der Waals surface area (Å²) in [5.74, 6) is -0.361. The largest absolute Gasteiger partial charge is 0.468 e. The van der Waals surface area contributed by atoms with Gasteiger partial charge in [-0.05, 0) is 41.0 Å². The zero-order chi connectivity index (χ0) is 14.8. The van der Waals surface area contributed by atoms with E-state index >= 15 is 0 Å². The van der Waals surface area contributed by atoms with E-state index in [0.29, 0.717) is 6.42 Å². The highest BCUT2D eigenvalue weighted by molar-refractivity contribution is 5.79. The molecule has 1 heterocycles. The minimum Gasteiger partial charge on any atom is -0.468 e. The topological polar surface area (TPSA) is 64.8 Å². The van der Waals surface area contributed by atoms with Gasteiger partial charge in [0.05, 0.1) is 18.8 Å². The molecule has 0 bridgehead atoms. The van der Waals surface area contributed by atoms with Crippen molar-refractivity contribution in [3.8, 4) is 0 Å². The molecule has 0 radical (unpaired) electrons. The third kappa shape index (κ3) is 4.44. The Labute approximate surface area is 116 Å². The third-order valence-electron chi connectivity index (χ3n) is 3.59. The molecule has 1 aliphatic rings. The predicted octanol–water partition coefficient (Wildman–Crippen LogP) is 1.15. The fourth-order valence-corrected chi connectivity index (χ4v) is 2.90. The molecule has 5 heteroatoms. The van der Waals surface area contributed by atoms with Gasteiger partial charge in [-0.15, -0.1) is 0 Å². The number of nitrogens with two attached hydrogens (primary N) is 1. The van der Waals surface area contributed by atoms with E-state index in [4.69, 9.17) is 15.2 Å². The molecule has 1 saturated heterocycles. The van der Waals surface area contributed by atoms with E-state index in [-0.39, 0.29) is 23.7 Å². The van der Waals surface area contributed by atoms with Crippen LogP contribution < -0.4 is 5.73 Å². The van der Waals surface area contributed by atoms with Crippen LogP contribution in [0.3, 0.4) is 0 Å². The van der Waals surface area contributed by atoms with Gasteiger partial charge in [0.25, 0.3) is 0 Å². The molecule has 1 fully saturated rings. The summed E-state index contributed by atoms with van der Waals surface area (Å²) in [4.78, 5) is 14.0. The number of hydrogen-bond donors (Lipinski definition) is 1. The van der Waals surface area contributed by atoms with Crippen molar-refractivity contribution in [2.45, 2.75) is 64.3 Å². The molecule has 0 aromatic rings. The van der Waals surface area contributed by atoms with Crippen LogP contribution in [0.5, 0.6) is 0 Å². The van der Waals surface area contributed by atoms with Crippen molar-refractivity contribution in [1.29, 1.82) is 0 Å². The van der Waals surface area contributed by atoms with Crippen molar-refractivity contribution in [3.63, 3.8) is 0 Å². The molecule has 0 spiro atoms. The monoisotopic (exact) mass is 272 g/mol. The first kappa shape index (κ1) is 16.4. The number of carbonyl (C=O) groups excluding carboxylic acids is 1. The van der Waals surface area contributed by atoms with Crippen molar-refractivity contribution in [1.82, 2.24) is 4.90 Å². The fourth-order valence-electron chi connectivity index (χ4n) is 2.90. The molecular formula is C14H28N2O3. The van der Waals surface area contributed by atoms with E-state index < -0.39 is 5.54 Å². The number of nitrogens with zero attached hydrogens (tertiary/aromatic N) is 1. The molecule has 3 atom stereocenters. The minimum absolute atomic E-state index is 0.164. The van der Waals surface area contributed by atoms with Gasteiger partial charge in [0.2, 0.25) is 0 Å². The van der Waals surface area contributed by atoms with Gasteiger partial charge in [-0.25, -0.2) is 0 Å². The van der Waals surface area contributed by atoms with Gasteiger partial charge >= 0.3 is 5.97 Å². The molecular weight excluding hydrogens is 244 g/mol. The number of esters is 1. The van der Waals surface area contributed by atoms with Crippen molar-refractivity contribution >= 4 is 5.97 Å². The molecule has 1 rings (SSSR count). The zero-order valence-corrected chi connectivity index (χ0v) is 13.0. The van der Waals surface area contributed by atoms with Gasteiger partial charge in [-0.2, -0.15) is 0 Å². The van der Waals surface area contributed by atoms with Crippen LogP contribution in [-0.2, 0) is 14.3 Å².